The predicted octanol–water partition coefficient (Wildman–Crippen LogP) is 4.96. The lowest BCUT2D eigenvalue weighted by atomic mass is 9.93. The Morgan fingerprint density at radius 1 is 1.13 bits per heavy atom. The Kier molecular flexibility index (Phi) is 5.34. The molecule has 1 N–H and O–H groups in total. The number of fused-ring (bicyclic) bond motifs is 3. The molecule has 162 valence electrons. The van der Waals surface area contributed by atoms with Gasteiger partial charge in [-0.2, -0.15) is 0 Å². The van der Waals surface area contributed by atoms with Gasteiger partial charge in [-0.05, 0) is 42.8 Å². The quantitative estimate of drug-likeness (QED) is 0.589. The van der Waals surface area contributed by atoms with E-state index >= 15 is 0 Å². The number of nitrogens with zero attached hydrogens (tertiary/aromatic N) is 2. The van der Waals surface area contributed by atoms with Gasteiger partial charge >= 0.3 is 0 Å². The third kappa shape index (κ3) is 3.67. The first kappa shape index (κ1) is 20.3. The van der Waals surface area contributed by atoms with Crippen molar-refractivity contribution in [3.05, 3.63) is 59.1 Å². The van der Waals surface area contributed by atoms with E-state index in [2.05, 4.69) is 5.32 Å². The molecule has 2 amide bonds. The topological polar surface area (TPSA) is 54.3 Å². The summed E-state index contributed by atoms with van der Waals surface area (Å²) in [7, 11) is 0. The molecule has 1 saturated carbocycles. The van der Waals surface area contributed by atoms with Crippen LogP contribution in [0.1, 0.15) is 61.5 Å². The van der Waals surface area contributed by atoms with E-state index in [1.165, 1.54) is 12.8 Å². The van der Waals surface area contributed by atoms with Gasteiger partial charge in [0.15, 0.2) is 0 Å². The third-order valence-corrected chi connectivity index (χ3v) is 7.76. The van der Waals surface area contributed by atoms with Crippen LogP contribution < -0.4 is 5.32 Å². The molecule has 1 atom stereocenters. The lowest BCUT2D eigenvalue weighted by molar-refractivity contribution is -0.134. The smallest absolute Gasteiger partial charge is 0.271 e. The summed E-state index contributed by atoms with van der Waals surface area (Å²) in [6.07, 6.45) is 6.85. The van der Waals surface area contributed by atoms with Crippen LogP contribution in [0.2, 0.25) is 0 Å². The van der Waals surface area contributed by atoms with E-state index in [-0.39, 0.29) is 17.9 Å². The zero-order valence-electron chi connectivity index (χ0n) is 18.0. The number of nitrogens with one attached hydrogen (secondary N) is 1. The van der Waals surface area contributed by atoms with Gasteiger partial charge in [0.05, 0.1) is 16.8 Å². The van der Waals surface area contributed by atoms with E-state index in [0.29, 0.717) is 18.8 Å². The van der Waals surface area contributed by atoms with E-state index in [4.69, 9.17) is 0 Å². The average molecular weight is 436 g/mol. The number of hydrogen-bond acceptors (Lipinski definition) is 3. The van der Waals surface area contributed by atoms with Crippen LogP contribution in [0.25, 0.3) is 10.2 Å². The summed E-state index contributed by atoms with van der Waals surface area (Å²) in [5, 5.41) is 5.37. The maximum absolute atomic E-state index is 13.7. The molecule has 0 spiro atoms. The SMILES string of the molecule is CC1(C(=O)NC2CCCCCC2)Cn2c(cc3sccc32)C(=O)N1Cc1ccccc1. The second-order valence-corrected chi connectivity index (χ2v) is 10.0. The minimum Gasteiger partial charge on any atom is -0.351 e. The molecule has 2 aromatic heterocycles. The maximum atomic E-state index is 13.7. The molecule has 0 radical (unpaired) electrons. The Morgan fingerprint density at radius 3 is 2.61 bits per heavy atom. The molecule has 1 aliphatic heterocycles. The number of rotatable bonds is 4. The molecule has 1 fully saturated rings. The van der Waals surface area contributed by atoms with E-state index < -0.39 is 5.54 Å². The van der Waals surface area contributed by atoms with Crippen LogP contribution in [-0.2, 0) is 17.9 Å². The molecule has 5 rings (SSSR count). The predicted molar refractivity (Wildman–Crippen MR) is 124 cm³/mol. The summed E-state index contributed by atoms with van der Waals surface area (Å²) in [6.45, 7) is 2.83. The van der Waals surface area contributed by atoms with Crippen molar-refractivity contribution in [2.45, 2.75) is 70.1 Å². The van der Waals surface area contributed by atoms with Crippen molar-refractivity contribution in [3.63, 3.8) is 0 Å². The molecule has 0 saturated heterocycles. The van der Waals surface area contributed by atoms with Gasteiger partial charge in [0, 0.05) is 12.6 Å². The first-order valence-corrected chi connectivity index (χ1v) is 12.2. The van der Waals surface area contributed by atoms with E-state index in [1.54, 1.807) is 16.2 Å². The number of amides is 2. The monoisotopic (exact) mass is 435 g/mol. The zero-order chi connectivity index (χ0) is 21.4. The van der Waals surface area contributed by atoms with Gasteiger partial charge in [0.2, 0.25) is 5.91 Å². The molecule has 5 nitrogen and oxygen atoms in total. The van der Waals surface area contributed by atoms with Gasteiger partial charge in [0.1, 0.15) is 11.2 Å². The Morgan fingerprint density at radius 2 is 1.87 bits per heavy atom. The van der Waals surface area contributed by atoms with Crippen molar-refractivity contribution in [2.75, 3.05) is 0 Å². The molecule has 6 heteroatoms. The van der Waals surface area contributed by atoms with Crippen LogP contribution in [0.4, 0.5) is 0 Å². The largest absolute Gasteiger partial charge is 0.351 e. The number of benzene rings is 1. The fourth-order valence-electron chi connectivity index (χ4n) is 5.05. The minimum atomic E-state index is -0.944. The molecule has 2 aliphatic rings. The first-order chi connectivity index (χ1) is 15.1. The highest BCUT2D eigenvalue weighted by molar-refractivity contribution is 7.17. The summed E-state index contributed by atoms with van der Waals surface area (Å²) in [4.78, 5) is 29.2. The number of carbonyl (C=O) groups excluding carboxylic acids is 2. The summed E-state index contributed by atoms with van der Waals surface area (Å²) in [5.41, 5.74) is 1.81. The van der Waals surface area contributed by atoms with Gasteiger partial charge in [-0.15, -0.1) is 11.3 Å². The van der Waals surface area contributed by atoms with Crippen LogP contribution in [0.3, 0.4) is 0 Å². The standard InChI is InChI=1S/C25H29N3O2S/c1-25(24(30)26-19-11-7-2-3-8-12-19)17-27-20-13-14-31-22(20)15-21(27)23(29)28(25)16-18-9-5-4-6-10-18/h4-6,9-10,13-15,19H,2-3,7-8,11-12,16-17H2,1H3,(H,26,30). The maximum Gasteiger partial charge on any atom is 0.271 e. The minimum absolute atomic E-state index is 0.0357. The highest BCUT2D eigenvalue weighted by atomic mass is 32.1. The Balaban J connectivity index is 1.51. The molecule has 1 aliphatic carbocycles. The van der Waals surface area contributed by atoms with Gasteiger partial charge in [0.25, 0.3) is 5.91 Å². The van der Waals surface area contributed by atoms with Crippen molar-refractivity contribution in [2.24, 2.45) is 0 Å². The van der Waals surface area contributed by atoms with Gasteiger partial charge in [-0.3, -0.25) is 9.59 Å². The van der Waals surface area contributed by atoms with Crippen molar-refractivity contribution >= 4 is 33.4 Å². The lowest BCUT2D eigenvalue weighted by Gasteiger charge is -2.44. The molecule has 3 aromatic rings. The second kappa shape index (κ2) is 8.15. The highest BCUT2D eigenvalue weighted by Crippen LogP contribution is 2.35. The number of thiophene rings is 1. The molecule has 1 unspecified atom stereocenters. The third-order valence-electron chi connectivity index (χ3n) is 6.91. The fraction of sp³-hybridized carbons (Fsp3) is 0.440. The van der Waals surface area contributed by atoms with Crippen molar-refractivity contribution in [1.82, 2.24) is 14.8 Å². The van der Waals surface area contributed by atoms with Crippen molar-refractivity contribution < 1.29 is 9.59 Å². The van der Waals surface area contributed by atoms with Crippen molar-refractivity contribution in [1.29, 1.82) is 0 Å². The fourth-order valence-corrected chi connectivity index (χ4v) is 5.87. The normalized spacial score (nSPS) is 22.4. The van der Waals surface area contributed by atoms with E-state index in [9.17, 15) is 9.59 Å². The van der Waals surface area contributed by atoms with Gasteiger partial charge in [-0.1, -0.05) is 56.0 Å². The molecule has 3 heterocycles. The Hall–Kier alpha value is -2.60. The van der Waals surface area contributed by atoms with Crippen LogP contribution in [0.15, 0.2) is 47.8 Å². The first-order valence-electron chi connectivity index (χ1n) is 11.3. The van der Waals surface area contributed by atoms with Crippen LogP contribution in [0.5, 0.6) is 0 Å². The average Bonchev–Trinajstić information content (AvgIpc) is 3.26. The molecular weight excluding hydrogens is 406 g/mol. The Bertz CT molecular complexity index is 1090. The van der Waals surface area contributed by atoms with Crippen molar-refractivity contribution in [3.8, 4) is 0 Å². The molecule has 1 aromatic carbocycles. The van der Waals surface area contributed by atoms with E-state index in [1.807, 2.05) is 59.3 Å². The zero-order valence-corrected chi connectivity index (χ0v) is 18.8. The number of carbonyl (C=O) groups is 2. The van der Waals surface area contributed by atoms with Crippen LogP contribution in [-0.4, -0.2) is 32.9 Å². The lowest BCUT2D eigenvalue weighted by Crippen LogP contribution is -2.64. The van der Waals surface area contributed by atoms with Gasteiger partial charge in [-0.25, -0.2) is 0 Å². The van der Waals surface area contributed by atoms with Crippen LogP contribution >= 0.6 is 11.3 Å². The summed E-state index contributed by atoms with van der Waals surface area (Å²) in [6, 6.07) is 14.2. The molecule has 31 heavy (non-hydrogen) atoms. The number of hydrogen-bond donors (Lipinski definition) is 1. The van der Waals surface area contributed by atoms with E-state index in [0.717, 1.165) is 41.5 Å². The second-order valence-electron chi connectivity index (χ2n) is 9.10. The molecule has 0 bridgehead atoms. The number of aromatic nitrogens is 1. The van der Waals surface area contributed by atoms with Crippen LogP contribution in [0, 0.1) is 0 Å². The summed E-state index contributed by atoms with van der Waals surface area (Å²) >= 11 is 1.64. The highest BCUT2D eigenvalue weighted by Gasteiger charge is 2.48. The molecular formula is C25H29N3O2S. The van der Waals surface area contributed by atoms with Gasteiger partial charge < -0.3 is 14.8 Å². The summed E-state index contributed by atoms with van der Waals surface area (Å²) in [5.74, 6) is -0.108. The summed E-state index contributed by atoms with van der Waals surface area (Å²) < 4.78 is 3.14. The Labute approximate surface area is 187 Å².